The van der Waals surface area contributed by atoms with E-state index in [1.165, 1.54) is 30.9 Å². The van der Waals surface area contributed by atoms with E-state index in [4.69, 9.17) is 0 Å². The molecule has 0 aliphatic rings. The molecule has 0 bridgehead atoms. The molecule has 0 radical (unpaired) electrons. The maximum absolute atomic E-state index is 4.67. The molecule has 0 amide bonds. The van der Waals surface area contributed by atoms with Crippen LogP contribution >= 0.6 is 11.3 Å². The van der Waals surface area contributed by atoms with E-state index in [-0.39, 0.29) is 0 Å². The number of benzene rings is 9. The molecule has 0 atom stereocenters. The van der Waals surface area contributed by atoms with Gasteiger partial charge < -0.3 is 14.4 Å². The van der Waals surface area contributed by atoms with Crippen LogP contribution in [0.3, 0.4) is 0 Å². The number of nitrogens with zero attached hydrogens (tertiary/aromatic N) is 6. The topological polar surface area (TPSA) is 50.1 Å². The number of thiophene rings is 1. The highest BCUT2D eigenvalue weighted by atomic mass is 32.1. The van der Waals surface area contributed by atoms with E-state index in [0.717, 1.165) is 95.6 Å². The molecule has 0 N–H and O–H groups in total. The van der Waals surface area contributed by atoms with E-state index in [1.54, 1.807) is 0 Å². The van der Waals surface area contributed by atoms with E-state index in [2.05, 4.69) is 248 Å². The van der Waals surface area contributed by atoms with E-state index < -0.39 is 0 Å². The molecular weight excluding hydrogens is 945 g/mol. The summed E-state index contributed by atoms with van der Waals surface area (Å²) in [4.78, 5) is 18.4. The van der Waals surface area contributed by atoms with Crippen molar-refractivity contribution in [1.82, 2.24) is 19.5 Å². The summed E-state index contributed by atoms with van der Waals surface area (Å²) in [6.45, 7) is 0. The van der Waals surface area contributed by atoms with Crippen LogP contribution in [0, 0.1) is 0 Å². The van der Waals surface area contributed by atoms with Crippen molar-refractivity contribution in [2.45, 2.75) is 0 Å². The van der Waals surface area contributed by atoms with E-state index >= 15 is 0 Å². The SMILES string of the molecule is c1ccc(N(c2ccc(-c3ccccn3)cc2)c2ccc(-c3ccccc3N(c3ccccc3)c3ccc4c5c6c(ccc5n(-c5ccc(-c7ccccn7)cc5)c4c3)sc3ccc(-c4cccnc4)cc36)cc2)cc1. The van der Waals surface area contributed by atoms with Crippen LogP contribution in [0.15, 0.2) is 280 Å². The van der Waals surface area contributed by atoms with Crippen molar-refractivity contribution in [3.63, 3.8) is 0 Å². The number of para-hydroxylation sites is 3. The molecule has 5 aromatic heterocycles. The first kappa shape index (κ1) is 44.7. The molecule has 0 saturated heterocycles. The van der Waals surface area contributed by atoms with Crippen molar-refractivity contribution in [3.8, 4) is 50.5 Å². The standard InChI is InChI=1S/C69H46N6S/c1-3-15-52(16-4-1)73(55-32-25-48(26-33-55)61-20-9-11-42-71-61)54-30-23-47(24-31-54)58-19-7-8-22-63(58)74(53-17-5-2-6-18-53)57-36-37-59-65(45-57)75(56-34-27-49(28-35-56)62-21-10-12-43-72-62)64-38-40-67-69(68(59)64)60-44-50(29-39-66(60)76-67)51-14-13-41-70-46-51/h1-46H. The molecule has 0 unspecified atom stereocenters. The Bertz CT molecular complexity index is 4350. The van der Waals surface area contributed by atoms with Crippen molar-refractivity contribution in [1.29, 1.82) is 0 Å². The van der Waals surface area contributed by atoms with Crippen LogP contribution in [-0.4, -0.2) is 19.5 Å². The van der Waals surface area contributed by atoms with Crippen LogP contribution in [0.2, 0.25) is 0 Å². The molecular formula is C69H46N6S. The lowest BCUT2D eigenvalue weighted by Crippen LogP contribution is -2.11. The predicted molar refractivity (Wildman–Crippen MR) is 318 cm³/mol. The van der Waals surface area contributed by atoms with Gasteiger partial charge in [-0.3, -0.25) is 15.0 Å². The quantitative estimate of drug-likeness (QED) is 0.129. The third-order valence-electron chi connectivity index (χ3n) is 14.4. The zero-order chi connectivity index (χ0) is 50.4. The molecule has 0 aliphatic carbocycles. The Balaban J connectivity index is 0.922. The van der Waals surface area contributed by atoms with Crippen molar-refractivity contribution in [3.05, 3.63) is 280 Å². The zero-order valence-corrected chi connectivity index (χ0v) is 42.0. The normalized spacial score (nSPS) is 11.4. The molecule has 9 aromatic carbocycles. The lowest BCUT2D eigenvalue weighted by Gasteiger charge is -2.28. The highest BCUT2D eigenvalue weighted by molar-refractivity contribution is 7.26. The second-order valence-electron chi connectivity index (χ2n) is 18.9. The summed E-state index contributed by atoms with van der Waals surface area (Å²) >= 11 is 1.85. The second-order valence-corrected chi connectivity index (χ2v) is 19.9. The predicted octanol–water partition coefficient (Wildman–Crippen LogP) is 18.9. The average Bonchev–Trinajstić information content (AvgIpc) is 4.09. The Morgan fingerprint density at radius 1 is 0.342 bits per heavy atom. The van der Waals surface area contributed by atoms with Crippen LogP contribution in [0.5, 0.6) is 0 Å². The van der Waals surface area contributed by atoms with E-state index in [9.17, 15) is 0 Å². The van der Waals surface area contributed by atoms with Crippen LogP contribution in [0.1, 0.15) is 0 Å². The minimum atomic E-state index is 0.946. The lowest BCUT2D eigenvalue weighted by molar-refractivity contribution is 1.18. The smallest absolute Gasteiger partial charge is 0.0701 e. The Morgan fingerprint density at radius 3 is 1.58 bits per heavy atom. The van der Waals surface area contributed by atoms with Crippen LogP contribution < -0.4 is 9.80 Å². The molecule has 0 aliphatic heterocycles. The summed E-state index contributed by atoms with van der Waals surface area (Å²) in [7, 11) is 0. The molecule has 14 rings (SSSR count). The van der Waals surface area contributed by atoms with Crippen molar-refractivity contribution >= 4 is 87.4 Å². The molecule has 7 heteroatoms. The van der Waals surface area contributed by atoms with Gasteiger partial charge in [-0.25, -0.2) is 0 Å². The largest absolute Gasteiger partial charge is 0.311 e. The summed E-state index contributed by atoms with van der Waals surface area (Å²) in [6, 6.07) is 91.2. The summed E-state index contributed by atoms with van der Waals surface area (Å²) in [5.74, 6) is 0. The van der Waals surface area contributed by atoms with Gasteiger partial charge in [-0.15, -0.1) is 11.3 Å². The van der Waals surface area contributed by atoms with E-state index in [1.807, 2.05) is 72.5 Å². The summed E-state index contributed by atoms with van der Waals surface area (Å²) < 4.78 is 4.97. The lowest BCUT2D eigenvalue weighted by atomic mass is 10.00. The molecule has 358 valence electrons. The molecule has 0 fully saturated rings. The summed E-state index contributed by atoms with van der Waals surface area (Å²) in [5, 5.41) is 4.95. The van der Waals surface area contributed by atoms with Gasteiger partial charge in [0.25, 0.3) is 0 Å². The van der Waals surface area contributed by atoms with Gasteiger partial charge in [-0.05, 0) is 145 Å². The Kier molecular flexibility index (Phi) is 11.3. The highest BCUT2D eigenvalue weighted by Gasteiger charge is 2.23. The first-order valence-corrected chi connectivity index (χ1v) is 26.3. The van der Waals surface area contributed by atoms with Crippen molar-refractivity contribution in [2.75, 3.05) is 9.80 Å². The minimum absolute atomic E-state index is 0.946. The fraction of sp³-hybridized carbons (Fsp3) is 0. The van der Waals surface area contributed by atoms with Crippen LogP contribution in [0.4, 0.5) is 34.1 Å². The molecule has 5 heterocycles. The fourth-order valence-electron chi connectivity index (χ4n) is 10.9. The third kappa shape index (κ3) is 8.03. The first-order chi connectivity index (χ1) is 37.7. The third-order valence-corrected chi connectivity index (χ3v) is 15.5. The Morgan fingerprint density at radius 2 is 0.921 bits per heavy atom. The molecule has 14 aromatic rings. The molecule has 76 heavy (non-hydrogen) atoms. The monoisotopic (exact) mass is 990 g/mol. The molecule has 0 spiro atoms. The Labute approximate surface area is 444 Å². The van der Waals surface area contributed by atoms with Gasteiger partial charge in [0.05, 0.1) is 28.1 Å². The summed E-state index contributed by atoms with van der Waals surface area (Å²) in [6.07, 6.45) is 7.47. The number of aromatic nitrogens is 4. The van der Waals surface area contributed by atoms with Gasteiger partial charge in [0.15, 0.2) is 0 Å². The Hall–Kier alpha value is -9.95. The minimum Gasteiger partial charge on any atom is -0.311 e. The highest BCUT2D eigenvalue weighted by Crippen LogP contribution is 2.48. The maximum atomic E-state index is 4.67. The van der Waals surface area contributed by atoms with Gasteiger partial charge in [0.2, 0.25) is 0 Å². The van der Waals surface area contributed by atoms with Gasteiger partial charge in [-0.1, -0.05) is 121 Å². The van der Waals surface area contributed by atoms with Crippen LogP contribution in [0.25, 0.3) is 92.4 Å². The zero-order valence-electron chi connectivity index (χ0n) is 41.1. The van der Waals surface area contributed by atoms with Crippen LogP contribution in [-0.2, 0) is 0 Å². The number of fused-ring (bicyclic) bond motifs is 7. The average molecular weight is 991 g/mol. The number of rotatable bonds is 11. The van der Waals surface area contributed by atoms with Gasteiger partial charge in [-0.2, -0.15) is 0 Å². The van der Waals surface area contributed by atoms with Crippen molar-refractivity contribution < 1.29 is 0 Å². The number of hydrogen-bond acceptors (Lipinski definition) is 6. The van der Waals surface area contributed by atoms with Gasteiger partial charge >= 0.3 is 0 Å². The number of pyridine rings is 3. The fourth-order valence-corrected chi connectivity index (χ4v) is 11.9. The van der Waals surface area contributed by atoms with Crippen molar-refractivity contribution in [2.24, 2.45) is 0 Å². The van der Waals surface area contributed by atoms with E-state index in [0.29, 0.717) is 0 Å². The second kappa shape index (κ2) is 19.1. The maximum Gasteiger partial charge on any atom is 0.0701 e. The van der Waals surface area contributed by atoms with Gasteiger partial charge in [0.1, 0.15) is 0 Å². The molecule has 6 nitrogen and oxygen atoms in total. The number of hydrogen-bond donors (Lipinski definition) is 0. The number of anilines is 6. The first-order valence-electron chi connectivity index (χ1n) is 25.5. The molecule has 0 saturated carbocycles. The van der Waals surface area contributed by atoms with Gasteiger partial charge in [0, 0.05) is 112 Å². The summed E-state index contributed by atoms with van der Waals surface area (Å²) in [5.41, 5.74) is 18.3.